The normalized spacial score (nSPS) is 20.4. The zero-order valence-corrected chi connectivity index (χ0v) is 16.4. The monoisotopic (exact) mass is 358 g/mol. The summed E-state index contributed by atoms with van der Waals surface area (Å²) in [6.45, 7) is 12.6. The molecule has 0 amide bonds. The van der Waals surface area contributed by atoms with Gasteiger partial charge in [-0.2, -0.15) is 15.6 Å². The molecule has 0 spiro atoms. The molecular formula is C20H25ClN3O-. The van der Waals surface area contributed by atoms with Crippen molar-refractivity contribution < 1.29 is 5.11 Å². The average molecular weight is 359 g/mol. The van der Waals surface area contributed by atoms with Crippen molar-refractivity contribution in [1.29, 1.82) is 0 Å². The summed E-state index contributed by atoms with van der Waals surface area (Å²) in [5.74, 6) is 0.00931. The van der Waals surface area contributed by atoms with E-state index >= 15 is 0 Å². The molecule has 5 heteroatoms. The van der Waals surface area contributed by atoms with Crippen molar-refractivity contribution in [2.75, 3.05) is 5.12 Å². The number of hydrazine groups is 1. The molecule has 25 heavy (non-hydrogen) atoms. The van der Waals surface area contributed by atoms with E-state index in [9.17, 15) is 5.11 Å². The Bertz CT molecular complexity index is 794. The van der Waals surface area contributed by atoms with Crippen molar-refractivity contribution in [2.24, 2.45) is 5.10 Å². The lowest BCUT2D eigenvalue weighted by Crippen LogP contribution is -2.38. The van der Waals surface area contributed by atoms with Gasteiger partial charge in [0, 0.05) is 5.03 Å². The molecule has 1 aromatic rings. The van der Waals surface area contributed by atoms with Gasteiger partial charge in [-0.3, -0.25) is 0 Å². The van der Waals surface area contributed by atoms with Crippen LogP contribution in [-0.2, 0) is 10.8 Å². The maximum absolute atomic E-state index is 13.1. The van der Waals surface area contributed by atoms with Crippen LogP contribution in [0, 0.1) is 0 Å². The minimum atomic E-state index is -0.240. The van der Waals surface area contributed by atoms with Crippen LogP contribution in [0.1, 0.15) is 52.7 Å². The van der Waals surface area contributed by atoms with Gasteiger partial charge < -0.3 is 5.11 Å². The Morgan fingerprint density at radius 1 is 1.12 bits per heavy atom. The van der Waals surface area contributed by atoms with Crippen molar-refractivity contribution >= 4 is 23.0 Å². The molecule has 2 aliphatic rings. The van der Waals surface area contributed by atoms with E-state index in [1.807, 2.05) is 30.4 Å². The number of nitrogens with zero attached hydrogens (tertiary/aromatic N) is 2. The van der Waals surface area contributed by atoms with Crippen LogP contribution in [0.15, 0.2) is 40.5 Å². The van der Waals surface area contributed by atoms with Gasteiger partial charge in [0.05, 0.1) is 17.4 Å². The third-order valence-corrected chi connectivity index (χ3v) is 4.74. The molecule has 0 aromatic heterocycles. The SMILES string of the molecule is CC(C)(C)c1cc(N2N=C3C=C(Cl)C=CC3N2)c([O-])c(C(C)(C)C)c1. The largest absolute Gasteiger partial charge is 0.871 e. The molecule has 1 heterocycles. The van der Waals surface area contributed by atoms with Gasteiger partial charge in [0.2, 0.25) is 0 Å². The van der Waals surface area contributed by atoms with E-state index in [2.05, 4.69) is 52.1 Å². The van der Waals surface area contributed by atoms with Crippen molar-refractivity contribution in [3.05, 3.63) is 46.5 Å². The highest BCUT2D eigenvalue weighted by Crippen LogP contribution is 2.40. The smallest absolute Gasteiger partial charge is 0.0906 e. The second-order valence-electron chi connectivity index (χ2n) is 8.70. The summed E-state index contributed by atoms with van der Waals surface area (Å²) in [6, 6.07) is 3.93. The summed E-state index contributed by atoms with van der Waals surface area (Å²) in [7, 11) is 0. The van der Waals surface area contributed by atoms with Crippen molar-refractivity contribution in [3.63, 3.8) is 0 Å². The van der Waals surface area contributed by atoms with Gasteiger partial charge in [-0.05, 0) is 40.2 Å². The molecule has 1 aliphatic carbocycles. The second-order valence-corrected chi connectivity index (χ2v) is 9.14. The Balaban J connectivity index is 2.12. The molecule has 3 rings (SSSR count). The molecular weight excluding hydrogens is 334 g/mol. The van der Waals surface area contributed by atoms with Gasteiger partial charge in [-0.1, -0.05) is 71.0 Å². The lowest BCUT2D eigenvalue weighted by molar-refractivity contribution is -0.269. The summed E-state index contributed by atoms with van der Waals surface area (Å²) in [5.41, 5.74) is 6.25. The maximum atomic E-state index is 13.1. The van der Waals surface area contributed by atoms with Gasteiger partial charge in [0.15, 0.2) is 0 Å². The Morgan fingerprint density at radius 2 is 1.80 bits per heavy atom. The van der Waals surface area contributed by atoms with Gasteiger partial charge in [0.1, 0.15) is 0 Å². The number of hydrogen-bond acceptors (Lipinski definition) is 4. The fourth-order valence-corrected chi connectivity index (χ4v) is 3.11. The molecule has 0 bridgehead atoms. The summed E-state index contributed by atoms with van der Waals surface area (Å²) in [4.78, 5) is 0. The van der Waals surface area contributed by atoms with Crippen LogP contribution in [0.3, 0.4) is 0 Å². The van der Waals surface area contributed by atoms with Crippen molar-refractivity contribution in [2.45, 2.75) is 58.4 Å². The van der Waals surface area contributed by atoms with E-state index in [-0.39, 0.29) is 22.6 Å². The predicted molar refractivity (Wildman–Crippen MR) is 103 cm³/mol. The third-order valence-electron chi connectivity index (χ3n) is 4.50. The number of hydrogen-bond donors (Lipinski definition) is 1. The first-order valence-electron chi connectivity index (χ1n) is 8.53. The summed E-state index contributed by atoms with van der Waals surface area (Å²) >= 11 is 6.06. The number of rotatable bonds is 1. The lowest BCUT2D eigenvalue weighted by atomic mass is 9.79. The van der Waals surface area contributed by atoms with E-state index < -0.39 is 0 Å². The number of hydrazone groups is 1. The Hall–Kier alpha value is -1.78. The van der Waals surface area contributed by atoms with E-state index in [4.69, 9.17) is 11.6 Å². The topological polar surface area (TPSA) is 50.7 Å². The van der Waals surface area contributed by atoms with Crippen molar-refractivity contribution in [3.8, 4) is 5.75 Å². The fraction of sp³-hybridized carbons (Fsp3) is 0.450. The van der Waals surface area contributed by atoms with Crippen LogP contribution in [0.2, 0.25) is 0 Å². The van der Waals surface area contributed by atoms with Crippen molar-refractivity contribution in [1.82, 2.24) is 5.43 Å². The fourth-order valence-electron chi connectivity index (χ4n) is 2.93. The minimum Gasteiger partial charge on any atom is -0.871 e. The number of fused-ring (bicyclic) bond motifs is 1. The summed E-state index contributed by atoms with van der Waals surface area (Å²) in [5, 5.41) is 19.9. The molecule has 0 radical (unpaired) electrons. The van der Waals surface area contributed by atoms with Crippen LogP contribution in [0.4, 0.5) is 5.69 Å². The molecule has 1 atom stereocenters. The standard InChI is InChI=1S/C20H26ClN3O/c1-19(2,3)12-9-14(20(4,5)6)18(25)17(10-12)24-22-15-8-7-13(21)11-16(15)23-24/h7-11,15,22,25H,1-6H3/p-1. The van der Waals surface area contributed by atoms with Crippen LogP contribution in [0.25, 0.3) is 0 Å². The number of halogens is 1. The average Bonchev–Trinajstić information content (AvgIpc) is 2.87. The number of allylic oxidation sites excluding steroid dienone is 2. The molecule has 0 fully saturated rings. The zero-order valence-electron chi connectivity index (χ0n) is 15.6. The van der Waals surface area contributed by atoms with Gasteiger partial charge >= 0.3 is 0 Å². The summed E-state index contributed by atoms with van der Waals surface area (Å²) in [6.07, 6.45) is 5.61. The van der Waals surface area contributed by atoms with Crippen LogP contribution in [-0.4, -0.2) is 11.8 Å². The van der Waals surface area contributed by atoms with Crippen LogP contribution < -0.4 is 15.7 Å². The molecule has 134 valence electrons. The Labute approximate surface area is 154 Å². The molecule has 1 unspecified atom stereocenters. The van der Waals surface area contributed by atoms with E-state index in [0.717, 1.165) is 16.8 Å². The Morgan fingerprint density at radius 3 is 2.40 bits per heavy atom. The third kappa shape index (κ3) is 3.46. The molecule has 0 saturated heterocycles. The van der Waals surface area contributed by atoms with E-state index in [1.165, 1.54) is 0 Å². The zero-order chi connectivity index (χ0) is 18.6. The minimum absolute atomic E-state index is 0.00931. The highest BCUT2D eigenvalue weighted by molar-refractivity contribution is 6.33. The first-order chi connectivity index (χ1) is 11.5. The van der Waals surface area contributed by atoms with Crippen LogP contribution >= 0.6 is 11.6 Å². The van der Waals surface area contributed by atoms with Gasteiger partial charge in [-0.15, -0.1) is 0 Å². The summed E-state index contributed by atoms with van der Waals surface area (Å²) < 4.78 is 0. The van der Waals surface area contributed by atoms with Gasteiger partial charge in [0.25, 0.3) is 0 Å². The number of nitrogens with one attached hydrogen (secondary N) is 1. The maximum Gasteiger partial charge on any atom is 0.0906 e. The quantitative estimate of drug-likeness (QED) is 0.822. The molecule has 0 saturated carbocycles. The van der Waals surface area contributed by atoms with Crippen LogP contribution in [0.5, 0.6) is 5.75 Å². The molecule has 4 nitrogen and oxygen atoms in total. The highest BCUT2D eigenvalue weighted by Gasteiger charge is 2.29. The molecule has 1 aromatic carbocycles. The highest BCUT2D eigenvalue weighted by atomic mass is 35.5. The van der Waals surface area contributed by atoms with E-state index in [0.29, 0.717) is 10.7 Å². The molecule has 1 N–H and O–H groups in total. The van der Waals surface area contributed by atoms with Gasteiger partial charge in [-0.25, -0.2) is 0 Å². The number of anilines is 1. The predicted octanol–water partition coefficient (Wildman–Crippen LogP) is 4.10. The Kier molecular flexibility index (Phi) is 4.25. The lowest BCUT2D eigenvalue weighted by Gasteiger charge is -2.33. The second kappa shape index (κ2) is 5.89. The molecule has 1 aliphatic heterocycles. The first kappa shape index (κ1) is 18.0. The van der Waals surface area contributed by atoms with E-state index in [1.54, 1.807) is 5.12 Å². The number of benzene rings is 1. The first-order valence-corrected chi connectivity index (χ1v) is 8.91.